The van der Waals surface area contributed by atoms with Gasteiger partial charge in [0.1, 0.15) is 11.4 Å². The molecule has 1 amide bonds. The number of para-hydroxylation sites is 1. The number of nitrogens with two attached hydrogens (primary N) is 1. The van der Waals surface area contributed by atoms with Crippen molar-refractivity contribution in [1.29, 1.82) is 0 Å². The number of nitrogens with zero attached hydrogens (tertiary/aromatic N) is 2. The number of nitrogens with one attached hydrogen (secondary N) is 1. The highest BCUT2D eigenvalue weighted by Crippen LogP contribution is 2.25. The van der Waals surface area contributed by atoms with E-state index in [9.17, 15) is 19.2 Å². The summed E-state index contributed by atoms with van der Waals surface area (Å²) < 4.78 is 12.0. The molecule has 3 rings (SSSR count). The number of carbonyl (C=O) groups excluding carboxylic acids is 2. The Morgan fingerprint density at radius 3 is 2.58 bits per heavy atom. The molecule has 1 aromatic carbocycles. The van der Waals surface area contributed by atoms with Gasteiger partial charge in [-0.15, -0.1) is 0 Å². The van der Waals surface area contributed by atoms with Crippen LogP contribution < -0.4 is 21.9 Å². The maximum Gasteiger partial charge on any atom is 0.375 e. The molecular weight excluding hydrogens is 428 g/mol. The SMILES string of the molecule is CCCCN(C(=O)COC(=O)c1oc2ccccc2c1C)c1c(N)n(CCC)c(=O)[nH]c1=O. The van der Waals surface area contributed by atoms with E-state index in [1.165, 1.54) is 9.47 Å². The van der Waals surface area contributed by atoms with Crippen LogP contribution >= 0.6 is 0 Å². The van der Waals surface area contributed by atoms with Gasteiger partial charge < -0.3 is 19.8 Å². The highest BCUT2D eigenvalue weighted by molar-refractivity contribution is 6.00. The van der Waals surface area contributed by atoms with Crippen molar-refractivity contribution < 1.29 is 18.7 Å². The van der Waals surface area contributed by atoms with E-state index < -0.39 is 29.7 Å². The second kappa shape index (κ2) is 10.2. The third-order valence-electron chi connectivity index (χ3n) is 5.32. The smallest absolute Gasteiger partial charge is 0.375 e. The number of unbranched alkanes of at least 4 members (excludes halogenated alkanes) is 1. The standard InChI is InChI=1S/C23H28N4O6/c1-4-6-12-26(18-20(24)27(11-5-2)23(31)25-21(18)29)17(28)13-32-22(30)19-14(3)15-9-7-8-10-16(15)33-19/h7-10H,4-6,11-13,24H2,1-3H3,(H,25,29,31). The third kappa shape index (κ3) is 4.84. The van der Waals surface area contributed by atoms with Gasteiger partial charge in [0.15, 0.2) is 12.3 Å². The number of rotatable bonds is 9. The molecule has 0 radical (unpaired) electrons. The average molecular weight is 456 g/mol. The number of furan rings is 1. The van der Waals surface area contributed by atoms with Crippen LogP contribution in [0, 0.1) is 6.92 Å². The minimum atomic E-state index is -0.787. The zero-order chi connectivity index (χ0) is 24.1. The van der Waals surface area contributed by atoms with Crippen LogP contribution in [-0.4, -0.2) is 34.6 Å². The minimum absolute atomic E-state index is 0.0120. The minimum Gasteiger partial charge on any atom is -0.450 e. The zero-order valence-corrected chi connectivity index (χ0v) is 19.0. The molecule has 33 heavy (non-hydrogen) atoms. The summed E-state index contributed by atoms with van der Waals surface area (Å²) >= 11 is 0. The molecule has 176 valence electrons. The van der Waals surface area contributed by atoms with E-state index in [0.29, 0.717) is 24.0 Å². The van der Waals surface area contributed by atoms with Gasteiger partial charge in [-0.1, -0.05) is 38.5 Å². The fourth-order valence-corrected chi connectivity index (χ4v) is 3.60. The number of aromatic amines is 1. The second-order valence-corrected chi connectivity index (χ2v) is 7.67. The molecule has 0 aliphatic carbocycles. The lowest BCUT2D eigenvalue weighted by molar-refractivity contribution is -0.121. The van der Waals surface area contributed by atoms with Crippen molar-refractivity contribution in [3.05, 3.63) is 56.4 Å². The second-order valence-electron chi connectivity index (χ2n) is 7.67. The van der Waals surface area contributed by atoms with Gasteiger partial charge in [0.05, 0.1) is 0 Å². The van der Waals surface area contributed by atoms with Crippen molar-refractivity contribution in [2.45, 2.75) is 46.6 Å². The molecule has 3 N–H and O–H groups in total. The lowest BCUT2D eigenvalue weighted by atomic mass is 10.1. The first-order valence-electron chi connectivity index (χ1n) is 10.9. The van der Waals surface area contributed by atoms with E-state index in [-0.39, 0.29) is 30.4 Å². The van der Waals surface area contributed by atoms with E-state index in [2.05, 4.69) is 4.98 Å². The van der Waals surface area contributed by atoms with Crippen LogP contribution in [0.3, 0.4) is 0 Å². The van der Waals surface area contributed by atoms with Crippen molar-refractivity contribution >= 4 is 34.4 Å². The number of fused-ring (bicyclic) bond motifs is 1. The number of ether oxygens (including phenoxy) is 1. The number of anilines is 2. The number of nitrogen functional groups attached to an aromatic ring is 1. The van der Waals surface area contributed by atoms with Crippen molar-refractivity contribution in [3.63, 3.8) is 0 Å². The highest BCUT2D eigenvalue weighted by atomic mass is 16.5. The van der Waals surface area contributed by atoms with Crippen molar-refractivity contribution in [3.8, 4) is 0 Å². The Balaban J connectivity index is 1.86. The Bertz CT molecular complexity index is 1290. The monoisotopic (exact) mass is 456 g/mol. The molecule has 10 heteroatoms. The predicted molar refractivity (Wildman–Crippen MR) is 125 cm³/mol. The van der Waals surface area contributed by atoms with Gasteiger partial charge in [-0.2, -0.15) is 0 Å². The fourth-order valence-electron chi connectivity index (χ4n) is 3.60. The summed E-state index contributed by atoms with van der Waals surface area (Å²) in [4.78, 5) is 53.7. The van der Waals surface area contributed by atoms with Crippen LogP contribution in [0.25, 0.3) is 11.0 Å². The lowest BCUT2D eigenvalue weighted by Gasteiger charge is -2.24. The van der Waals surface area contributed by atoms with E-state index >= 15 is 0 Å². The number of esters is 1. The Morgan fingerprint density at radius 2 is 1.91 bits per heavy atom. The Morgan fingerprint density at radius 1 is 1.18 bits per heavy atom. The van der Waals surface area contributed by atoms with Crippen LogP contribution in [0.5, 0.6) is 0 Å². The largest absolute Gasteiger partial charge is 0.450 e. The number of hydrogen-bond acceptors (Lipinski definition) is 7. The van der Waals surface area contributed by atoms with Crippen LogP contribution in [0.4, 0.5) is 11.5 Å². The number of amides is 1. The summed E-state index contributed by atoms with van der Waals surface area (Å²) in [5.41, 5.74) is 5.73. The molecule has 2 aromatic heterocycles. The molecule has 3 aromatic rings. The van der Waals surface area contributed by atoms with Crippen molar-refractivity contribution in [2.75, 3.05) is 23.8 Å². The Kier molecular flexibility index (Phi) is 7.37. The maximum atomic E-state index is 13.0. The summed E-state index contributed by atoms with van der Waals surface area (Å²) in [6.07, 6.45) is 1.93. The topological polar surface area (TPSA) is 141 Å². The summed E-state index contributed by atoms with van der Waals surface area (Å²) in [5.74, 6) is -1.51. The summed E-state index contributed by atoms with van der Waals surface area (Å²) in [6, 6.07) is 7.17. The first-order valence-corrected chi connectivity index (χ1v) is 10.9. The van der Waals surface area contributed by atoms with Gasteiger partial charge in [-0.05, 0) is 25.8 Å². The molecule has 0 saturated carbocycles. The van der Waals surface area contributed by atoms with Gasteiger partial charge >= 0.3 is 11.7 Å². The van der Waals surface area contributed by atoms with Crippen LogP contribution in [0.1, 0.15) is 49.2 Å². The average Bonchev–Trinajstić information content (AvgIpc) is 3.13. The molecule has 0 bridgehead atoms. The Hall–Kier alpha value is -3.82. The number of H-pyrrole nitrogens is 1. The number of aryl methyl sites for hydroxylation is 1. The molecule has 0 saturated heterocycles. The summed E-state index contributed by atoms with van der Waals surface area (Å²) in [6.45, 7) is 5.35. The molecular formula is C23H28N4O6. The van der Waals surface area contributed by atoms with Crippen LogP contribution in [0.15, 0.2) is 38.3 Å². The van der Waals surface area contributed by atoms with Gasteiger partial charge in [0.2, 0.25) is 5.76 Å². The fraction of sp³-hybridized carbons (Fsp3) is 0.391. The number of benzene rings is 1. The zero-order valence-electron chi connectivity index (χ0n) is 19.0. The van der Waals surface area contributed by atoms with Crippen LogP contribution in [-0.2, 0) is 16.1 Å². The maximum absolute atomic E-state index is 13.0. The molecule has 0 unspecified atom stereocenters. The van der Waals surface area contributed by atoms with E-state index in [1.54, 1.807) is 19.1 Å². The summed E-state index contributed by atoms with van der Waals surface area (Å²) in [5, 5.41) is 0.776. The number of hydrogen-bond donors (Lipinski definition) is 2. The van der Waals surface area contributed by atoms with Gasteiger partial charge in [0.25, 0.3) is 11.5 Å². The van der Waals surface area contributed by atoms with Gasteiger partial charge in [0, 0.05) is 24.0 Å². The Labute approximate surface area is 189 Å². The van der Waals surface area contributed by atoms with E-state index in [0.717, 1.165) is 11.8 Å². The number of aromatic nitrogens is 2. The first-order chi connectivity index (χ1) is 15.8. The van der Waals surface area contributed by atoms with E-state index in [1.807, 2.05) is 26.0 Å². The molecule has 0 atom stereocenters. The predicted octanol–water partition coefficient (Wildman–Crippen LogP) is 2.57. The van der Waals surface area contributed by atoms with Crippen molar-refractivity contribution in [2.24, 2.45) is 0 Å². The molecule has 0 spiro atoms. The van der Waals surface area contributed by atoms with Crippen molar-refractivity contribution in [1.82, 2.24) is 9.55 Å². The molecule has 2 heterocycles. The third-order valence-corrected chi connectivity index (χ3v) is 5.32. The van der Waals surface area contributed by atoms with Gasteiger partial charge in [-0.3, -0.25) is 19.1 Å². The normalized spacial score (nSPS) is 11.0. The highest BCUT2D eigenvalue weighted by Gasteiger charge is 2.26. The number of carbonyl (C=O) groups is 2. The molecule has 0 fully saturated rings. The quantitative estimate of drug-likeness (QED) is 0.471. The van der Waals surface area contributed by atoms with Crippen LogP contribution in [0.2, 0.25) is 0 Å². The molecule has 0 aliphatic heterocycles. The van der Waals surface area contributed by atoms with Gasteiger partial charge in [-0.25, -0.2) is 9.59 Å². The van der Waals surface area contributed by atoms with E-state index in [4.69, 9.17) is 14.9 Å². The molecule has 10 nitrogen and oxygen atoms in total. The molecule has 0 aliphatic rings. The lowest BCUT2D eigenvalue weighted by Crippen LogP contribution is -2.43. The summed E-state index contributed by atoms with van der Waals surface area (Å²) in [7, 11) is 0. The first kappa shape index (κ1) is 23.8.